The summed E-state index contributed by atoms with van der Waals surface area (Å²) in [6.07, 6.45) is 7.11. The summed E-state index contributed by atoms with van der Waals surface area (Å²) in [4.78, 5) is 36.2. The largest absolute Gasteiger partial charge is 0.444 e. The molecule has 0 radical (unpaired) electrons. The molecule has 0 spiro atoms. The fourth-order valence-corrected chi connectivity index (χ4v) is 4.70. The quantitative estimate of drug-likeness (QED) is 0.417. The maximum Gasteiger partial charge on any atom is 0.410 e. The van der Waals surface area contributed by atoms with E-state index in [0.717, 1.165) is 53.8 Å². The minimum absolute atomic E-state index is 0.00888. The Morgan fingerprint density at radius 3 is 2.57 bits per heavy atom. The Labute approximate surface area is 218 Å². The first-order chi connectivity index (χ1) is 17.6. The fraction of sp³-hybridized carbons (Fsp3) is 0.571. The summed E-state index contributed by atoms with van der Waals surface area (Å²) >= 11 is 0. The van der Waals surface area contributed by atoms with Gasteiger partial charge in [-0.2, -0.15) is 0 Å². The van der Waals surface area contributed by atoms with Crippen molar-refractivity contribution in [2.45, 2.75) is 78.6 Å². The van der Waals surface area contributed by atoms with Crippen molar-refractivity contribution in [3.63, 3.8) is 0 Å². The second-order valence-electron chi connectivity index (χ2n) is 10.9. The van der Waals surface area contributed by atoms with E-state index < -0.39 is 5.60 Å². The first-order valence-corrected chi connectivity index (χ1v) is 13.2. The molecular formula is C28H39N5O4. The van der Waals surface area contributed by atoms with Crippen LogP contribution in [0.5, 0.6) is 0 Å². The van der Waals surface area contributed by atoms with E-state index in [9.17, 15) is 9.59 Å². The van der Waals surface area contributed by atoms with E-state index >= 15 is 0 Å². The fourth-order valence-electron chi connectivity index (χ4n) is 4.70. The maximum atomic E-state index is 12.4. The van der Waals surface area contributed by atoms with Crippen LogP contribution in [0.1, 0.15) is 70.7 Å². The van der Waals surface area contributed by atoms with Gasteiger partial charge in [-0.25, -0.2) is 14.8 Å². The molecule has 9 heteroatoms. The second kappa shape index (κ2) is 11.0. The van der Waals surface area contributed by atoms with Crippen LogP contribution >= 0.6 is 0 Å². The summed E-state index contributed by atoms with van der Waals surface area (Å²) in [5, 5.41) is 0. The van der Waals surface area contributed by atoms with E-state index in [1.807, 2.05) is 46.2 Å². The van der Waals surface area contributed by atoms with Gasteiger partial charge in [0.1, 0.15) is 18.2 Å². The van der Waals surface area contributed by atoms with Crippen molar-refractivity contribution in [1.29, 1.82) is 0 Å². The van der Waals surface area contributed by atoms with E-state index in [1.54, 1.807) is 16.5 Å². The molecular weight excluding hydrogens is 470 g/mol. The van der Waals surface area contributed by atoms with Gasteiger partial charge in [0.15, 0.2) is 0 Å². The molecule has 9 nitrogen and oxygen atoms in total. The number of rotatable bonds is 7. The first kappa shape index (κ1) is 26.9. The van der Waals surface area contributed by atoms with E-state index in [2.05, 4.69) is 17.6 Å². The molecule has 1 saturated heterocycles. The van der Waals surface area contributed by atoms with E-state index in [0.29, 0.717) is 32.0 Å². The number of likely N-dealkylation sites (tertiary alicyclic amines) is 1. The molecule has 0 bridgehead atoms. The number of hydrogen-bond acceptors (Lipinski definition) is 6. The lowest BCUT2D eigenvalue weighted by Gasteiger charge is -2.32. The summed E-state index contributed by atoms with van der Waals surface area (Å²) in [6, 6.07) is 3.97. The van der Waals surface area contributed by atoms with Crippen LogP contribution in [0.15, 0.2) is 29.3 Å². The Morgan fingerprint density at radius 1 is 1.19 bits per heavy atom. The highest BCUT2D eigenvalue weighted by Gasteiger charge is 2.29. The van der Waals surface area contributed by atoms with Crippen molar-refractivity contribution in [2.24, 2.45) is 7.05 Å². The van der Waals surface area contributed by atoms with Gasteiger partial charge < -0.3 is 23.5 Å². The molecule has 3 aromatic rings. The zero-order valence-corrected chi connectivity index (χ0v) is 22.9. The van der Waals surface area contributed by atoms with E-state index in [1.165, 1.54) is 0 Å². The Morgan fingerprint density at radius 2 is 1.92 bits per heavy atom. The van der Waals surface area contributed by atoms with Crippen molar-refractivity contribution in [3.05, 3.63) is 46.3 Å². The van der Waals surface area contributed by atoms with Gasteiger partial charge in [0.25, 0.3) is 5.56 Å². The van der Waals surface area contributed by atoms with Crippen LogP contribution in [0.3, 0.4) is 0 Å². The molecule has 1 fully saturated rings. The highest BCUT2D eigenvalue weighted by atomic mass is 16.6. The molecule has 4 rings (SSSR count). The van der Waals surface area contributed by atoms with Crippen LogP contribution in [0, 0.1) is 6.92 Å². The number of ether oxygens (including phenoxy) is 2. The molecule has 200 valence electrons. The van der Waals surface area contributed by atoms with Crippen LogP contribution < -0.4 is 5.56 Å². The molecule has 0 aliphatic carbocycles. The maximum absolute atomic E-state index is 12.4. The summed E-state index contributed by atoms with van der Waals surface area (Å²) in [5.74, 6) is 0.971. The molecule has 0 unspecified atom stereocenters. The van der Waals surface area contributed by atoms with Crippen molar-refractivity contribution >= 4 is 17.1 Å². The molecule has 0 aromatic carbocycles. The van der Waals surface area contributed by atoms with Gasteiger partial charge >= 0.3 is 6.09 Å². The number of amides is 1. The monoisotopic (exact) mass is 509 g/mol. The SMILES string of the molecule is CCCCOCn1c(-c2cc(C)c(=O)n(C)c2)cc2nc(C3CCN(C(=O)OC(C)(C)C)CC3)ncc21. The number of nitrogens with zero attached hydrogens (tertiary/aromatic N) is 5. The normalized spacial score (nSPS) is 14.9. The molecule has 0 atom stereocenters. The van der Waals surface area contributed by atoms with Crippen LogP contribution in [-0.4, -0.2) is 55.4 Å². The summed E-state index contributed by atoms with van der Waals surface area (Å²) in [6.45, 7) is 11.9. The molecule has 1 aliphatic rings. The van der Waals surface area contributed by atoms with Crippen LogP contribution in [0.25, 0.3) is 22.3 Å². The Bertz CT molecular complexity index is 1290. The zero-order valence-electron chi connectivity index (χ0n) is 22.9. The number of carbonyl (C=O) groups excluding carboxylic acids is 1. The average Bonchev–Trinajstić information content (AvgIpc) is 3.21. The highest BCUT2D eigenvalue weighted by molar-refractivity contribution is 5.83. The number of unbranched alkanes of at least 4 members (excludes halogenated alkanes) is 1. The Kier molecular flexibility index (Phi) is 8.02. The summed E-state index contributed by atoms with van der Waals surface area (Å²) in [5.41, 5.74) is 3.79. The topological polar surface area (TPSA) is 91.5 Å². The number of carbonyl (C=O) groups is 1. The third-order valence-electron chi connectivity index (χ3n) is 6.70. The number of aryl methyl sites for hydroxylation is 2. The highest BCUT2D eigenvalue weighted by Crippen LogP contribution is 2.31. The van der Waals surface area contributed by atoms with Crippen LogP contribution in [-0.2, 0) is 23.3 Å². The summed E-state index contributed by atoms with van der Waals surface area (Å²) in [7, 11) is 1.77. The lowest BCUT2D eigenvalue weighted by atomic mass is 9.96. The summed E-state index contributed by atoms with van der Waals surface area (Å²) < 4.78 is 15.2. The molecule has 37 heavy (non-hydrogen) atoms. The minimum atomic E-state index is -0.503. The Balaban J connectivity index is 1.60. The standard InChI is InChI=1S/C28H39N5O4/c1-7-8-13-36-18-33-23(21-14-19(2)26(34)31(6)17-21)15-22-24(33)16-29-25(30-22)20-9-11-32(12-10-20)27(35)37-28(3,4)5/h14-17,20H,7-13,18H2,1-6H3. The molecule has 1 aliphatic heterocycles. The molecule has 1 amide bonds. The number of pyridine rings is 1. The average molecular weight is 510 g/mol. The lowest BCUT2D eigenvalue weighted by molar-refractivity contribution is 0.0203. The molecule has 3 aromatic heterocycles. The number of piperidine rings is 1. The predicted molar refractivity (Wildman–Crippen MR) is 144 cm³/mol. The zero-order chi connectivity index (χ0) is 26.7. The van der Waals surface area contributed by atoms with E-state index in [-0.39, 0.29) is 17.6 Å². The molecule has 4 heterocycles. The molecule has 0 N–H and O–H groups in total. The van der Waals surface area contributed by atoms with Gasteiger partial charge in [-0.05, 0) is 59.1 Å². The third kappa shape index (κ3) is 6.21. The van der Waals surface area contributed by atoms with Crippen molar-refractivity contribution in [3.8, 4) is 11.3 Å². The van der Waals surface area contributed by atoms with Crippen molar-refractivity contribution < 1.29 is 14.3 Å². The van der Waals surface area contributed by atoms with Crippen molar-refractivity contribution in [1.82, 2.24) is 24.0 Å². The minimum Gasteiger partial charge on any atom is -0.444 e. The Hall–Kier alpha value is -3.20. The van der Waals surface area contributed by atoms with E-state index in [4.69, 9.17) is 19.4 Å². The molecule has 0 saturated carbocycles. The smallest absolute Gasteiger partial charge is 0.410 e. The predicted octanol–water partition coefficient (Wildman–Crippen LogP) is 4.99. The number of aromatic nitrogens is 4. The number of hydrogen-bond donors (Lipinski definition) is 0. The van der Waals surface area contributed by atoms with Crippen LogP contribution in [0.4, 0.5) is 4.79 Å². The van der Waals surface area contributed by atoms with Gasteiger partial charge in [-0.15, -0.1) is 0 Å². The van der Waals surface area contributed by atoms with Gasteiger partial charge in [0.2, 0.25) is 0 Å². The lowest BCUT2D eigenvalue weighted by Crippen LogP contribution is -2.41. The first-order valence-electron chi connectivity index (χ1n) is 13.2. The van der Waals surface area contributed by atoms with Gasteiger partial charge in [0.05, 0.1) is 22.9 Å². The van der Waals surface area contributed by atoms with Gasteiger partial charge in [-0.3, -0.25) is 4.79 Å². The van der Waals surface area contributed by atoms with Gasteiger partial charge in [-0.1, -0.05) is 13.3 Å². The van der Waals surface area contributed by atoms with Crippen LogP contribution in [0.2, 0.25) is 0 Å². The van der Waals surface area contributed by atoms with Crippen molar-refractivity contribution in [2.75, 3.05) is 19.7 Å². The number of fused-ring (bicyclic) bond motifs is 1. The second-order valence-corrected chi connectivity index (χ2v) is 10.9. The van der Waals surface area contributed by atoms with Gasteiger partial charge in [0, 0.05) is 50.0 Å². The third-order valence-corrected chi connectivity index (χ3v) is 6.70.